The molecule has 2 fully saturated rings. The highest BCUT2D eigenvalue weighted by Crippen LogP contribution is 2.56. The summed E-state index contributed by atoms with van der Waals surface area (Å²) in [6, 6.07) is 2.42. The number of nitrogens with zero attached hydrogens (tertiary/aromatic N) is 5. The molecule has 1 aliphatic heterocycles. The van der Waals surface area contributed by atoms with Crippen molar-refractivity contribution in [2.75, 3.05) is 26.2 Å². The fraction of sp³-hybridized carbons (Fsp3) is 0.650. The number of hydrogen-bond donors (Lipinski definition) is 0. The van der Waals surface area contributed by atoms with Crippen LogP contribution in [0.4, 0.5) is 0 Å². The second kappa shape index (κ2) is 7.46. The lowest BCUT2D eigenvalue weighted by Crippen LogP contribution is -2.49. The van der Waals surface area contributed by atoms with Crippen LogP contribution < -0.4 is 0 Å². The summed E-state index contributed by atoms with van der Waals surface area (Å²) in [5.41, 5.74) is 2.03. The van der Waals surface area contributed by atoms with Crippen LogP contribution in [0.25, 0.3) is 0 Å². The smallest absolute Gasteiger partial charge is 0.276 e. The molecule has 4 rings (SSSR count). The molecule has 2 aromatic heterocycles. The van der Waals surface area contributed by atoms with Crippen LogP contribution in [-0.2, 0) is 6.54 Å². The molecular formula is C20H29N5O2. The van der Waals surface area contributed by atoms with Crippen molar-refractivity contribution < 1.29 is 9.21 Å². The number of hydrogen-bond acceptors (Lipinski definition) is 5. The molecule has 0 N–H and O–H groups in total. The molecule has 2 aliphatic rings. The first-order valence-corrected chi connectivity index (χ1v) is 10.1. The van der Waals surface area contributed by atoms with E-state index in [1.165, 1.54) is 24.8 Å². The summed E-state index contributed by atoms with van der Waals surface area (Å²) in [6.07, 6.45) is 10.2. The van der Waals surface area contributed by atoms with Crippen molar-refractivity contribution in [1.29, 1.82) is 0 Å². The predicted octanol–water partition coefficient (Wildman–Crippen LogP) is 2.97. The van der Waals surface area contributed by atoms with Crippen molar-refractivity contribution in [1.82, 2.24) is 24.8 Å². The van der Waals surface area contributed by atoms with E-state index in [-0.39, 0.29) is 5.91 Å². The molecule has 1 saturated carbocycles. The first-order valence-electron chi connectivity index (χ1n) is 10.1. The average molecular weight is 371 g/mol. The molecule has 1 saturated heterocycles. The maximum Gasteiger partial charge on any atom is 0.276 e. The summed E-state index contributed by atoms with van der Waals surface area (Å²) in [5.74, 6) is -0.0189. The van der Waals surface area contributed by atoms with E-state index in [0.717, 1.165) is 26.1 Å². The van der Waals surface area contributed by atoms with Gasteiger partial charge in [0.05, 0.1) is 24.8 Å². The molecule has 1 spiro atoms. The van der Waals surface area contributed by atoms with Gasteiger partial charge in [0, 0.05) is 25.2 Å². The Kier molecular flexibility index (Phi) is 5.04. The lowest BCUT2D eigenvalue weighted by Gasteiger charge is -2.53. The Bertz CT molecular complexity index is 757. The molecule has 1 unspecified atom stereocenters. The first kappa shape index (κ1) is 18.2. The molecule has 7 heteroatoms. The highest BCUT2D eigenvalue weighted by molar-refractivity contribution is 5.91. The van der Waals surface area contributed by atoms with Crippen LogP contribution in [-0.4, -0.2) is 56.9 Å². The molecule has 0 aromatic carbocycles. The molecular weight excluding hydrogens is 342 g/mol. The SMILES string of the molecule is CCN(CC)C(=O)c1cn(C2CCC23CCN(Cc2ccoc2)CC3)nn1. The van der Waals surface area contributed by atoms with E-state index < -0.39 is 0 Å². The Hall–Kier alpha value is -2.15. The molecule has 146 valence electrons. The minimum atomic E-state index is -0.0189. The van der Waals surface area contributed by atoms with Crippen molar-refractivity contribution in [2.24, 2.45) is 5.41 Å². The van der Waals surface area contributed by atoms with Gasteiger partial charge in [-0.25, -0.2) is 4.68 Å². The predicted molar refractivity (Wildman–Crippen MR) is 101 cm³/mol. The van der Waals surface area contributed by atoms with Crippen LogP contribution >= 0.6 is 0 Å². The van der Waals surface area contributed by atoms with E-state index >= 15 is 0 Å². The highest BCUT2D eigenvalue weighted by atomic mass is 16.3. The van der Waals surface area contributed by atoms with Gasteiger partial charge in [0.2, 0.25) is 0 Å². The quantitative estimate of drug-likeness (QED) is 0.781. The molecule has 3 heterocycles. The van der Waals surface area contributed by atoms with Crippen molar-refractivity contribution in [3.05, 3.63) is 36.0 Å². The summed E-state index contributed by atoms with van der Waals surface area (Å²) in [6.45, 7) is 8.53. The van der Waals surface area contributed by atoms with Gasteiger partial charge < -0.3 is 9.32 Å². The minimum absolute atomic E-state index is 0.0189. The Labute approximate surface area is 160 Å². The summed E-state index contributed by atoms with van der Waals surface area (Å²) < 4.78 is 7.15. The second-order valence-corrected chi connectivity index (χ2v) is 7.89. The zero-order valence-electron chi connectivity index (χ0n) is 16.3. The standard InChI is InChI=1S/C20H29N5O2/c1-3-24(4-2)19(26)17-14-25(22-21-17)18-5-7-20(18)8-10-23(11-9-20)13-16-6-12-27-15-16/h6,12,14-15,18H,3-5,7-11,13H2,1-2H3. The number of rotatable bonds is 6. The molecule has 1 aliphatic carbocycles. The lowest BCUT2D eigenvalue weighted by molar-refractivity contribution is -0.0334. The van der Waals surface area contributed by atoms with Gasteiger partial charge in [-0.15, -0.1) is 5.10 Å². The fourth-order valence-electron chi connectivity index (χ4n) is 4.67. The summed E-state index contributed by atoms with van der Waals surface area (Å²) in [5, 5.41) is 8.51. The van der Waals surface area contributed by atoms with Crippen LogP contribution in [0.3, 0.4) is 0 Å². The third-order valence-electron chi connectivity index (χ3n) is 6.56. The lowest BCUT2D eigenvalue weighted by atomic mass is 9.59. The first-order chi connectivity index (χ1) is 13.1. The summed E-state index contributed by atoms with van der Waals surface area (Å²) in [4.78, 5) is 16.8. The zero-order chi connectivity index (χ0) is 18.9. The van der Waals surface area contributed by atoms with E-state index in [1.807, 2.05) is 37.1 Å². The van der Waals surface area contributed by atoms with E-state index in [2.05, 4.69) is 15.2 Å². The van der Waals surface area contributed by atoms with Gasteiger partial charge in [0.25, 0.3) is 5.91 Å². The van der Waals surface area contributed by atoms with Crippen LogP contribution in [0, 0.1) is 5.41 Å². The molecule has 1 atom stereocenters. The van der Waals surface area contributed by atoms with Gasteiger partial charge in [-0.1, -0.05) is 5.21 Å². The number of carbonyl (C=O) groups excluding carboxylic acids is 1. The molecule has 0 bridgehead atoms. The van der Waals surface area contributed by atoms with E-state index in [9.17, 15) is 4.79 Å². The Morgan fingerprint density at radius 3 is 2.67 bits per heavy atom. The highest BCUT2D eigenvalue weighted by Gasteiger charge is 2.49. The van der Waals surface area contributed by atoms with Crippen LogP contribution in [0.5, 0.6) is 0 Å². The fourth-order valence-corrected chi connectivity index (χ4v) is 4.67. The Morgan fingerprint density at radius 2 is 2.07 bits per heavy atom. The molecule has 0 radical (unpaired) electrons. The van der Waals surface area contributed by atoms with Crippen molar-refractivity contribution in [3.63, 3.8) is 0 Å². The zero-order valence-corrected chi connectivity index (χ0v) is 16.3. The van der Waals surface area contributed by atoms with Crippen molar-refractivity contribution in [2.45, 2.75) is 52.1 Å². The summed E-state index contributed by atoms with van der Waals surface area (Å²) >= 11 is 0. The molecule has 2 aromatic rings. The number of likely N-dealkylation sites (tertiary alicyclic amines) is 1. The van der Waals surface area contributed by atoms with Gasteiger partial charge >= 0.3 is 0 Å². The Morgan fingerprint density at radius 1 is 1.30 bits per heavy atom. The van der Waals surface area contributed by atoms with Gasteiger partial charge in [-0.2, -0.15) is 0 Å². The summed E-state index contributed by atoms with van der Waals surface area (Å²) in [7, 11) is 0. The van der Waals surface area contributed by atoms with Crippen molar-refractivity contribution in [3.8, 4) is 0 Å². The number of piperidine rings is 1. The van der Waals surface area contributed by atoms with E-state index in [1.54, 1.807) is 11.2 Å². The maximum atomic E-state index is 12.5. The number of amides is 1. The van der Waals surface area contributed by atoms with Gasteiger partial charge in [0.15, 0.2) is 5.69 Å². The minimum Gasteiger partial charge on any atom is -0.472 e. The van der Waals surface area contributed by atoms with Gasteiger partial charge in [-0.05, 0) is 64.1 Å². The van der Waals surface area contributed by atoms with E-state index in [4.69, 9.17) is 4.42 Å². The largest absolute Gasteiger partial charge is 0.472 e. The van der Waals surface area contributed by atoms with Gasteiger partial charge in [0.1, 0.15) is 0 Å². The second-order valence-electron chi connectivity index (χ2n) is 7.89. The third kappa shape index (κ3) is 3.40. The average Bonchev–Trinajstić information content (AvgIpc) is 3.35. The van der Waals surface area contributed by atoms with Crippen LogP contribution in [0.2, 0.25) is 0 Å². The van der Waals surface area contributed by atoms with Gasteiger partial charge in [-0.3, -0.25) is 9.69 Å². The van der Waals surface area contributed by atoms with Crippen LogP contribution in [0.15, 0.2) is 29.2 Å². The Balaban J connectivity index is 1.39. The topological polar surface area (TPSA) is 67.4 Å². The molecule has 1 amide bonds. The number of furan rings is 1. The van der Waals surface area contributed by atoms with E-state index in [0.29, 0.717) is 30.2 Å². The molecule has 7 nitrogen and oxygen atoms in total. The van der Waals surface area contributed by atoms with Crippen LogP contribution in [0.1, 0.15) is 61.6 Å². The van der Waals surface area contributed by atoms with Crippen molar-refractivity contribution >= 4 is 5.91 Å². The third-order valence-corrected chi connectivity index (χ3v) is 6.56. The number of aromatic nitrogens is 3. The monoisotopic (exact) mass is 371 g/mol. The normalized spacial score (nSPS) is 21.9. The maximum absolute atomic E-state index is 12.5. The number of carbonyl (C=O) groups is 1. The molecule has 27 heavy (non-hydrogen) atoms.